The maximum atomic E-state index is 14.6. The zero-order valence-electron chi connectivity index (χ0n) is 17.2. The van der Waals surface area contributed by atoms with E-state index < -0.39 is 40.8 Å². The molecule has 0 bridgehead atoms. The van der Waals surface area contributed by atoms with Crippen molar-refractivity contribution in [2.45, 2.75) is 25.4 Å². The molecule has 3 atom stereocenters. The lowest BCUT2D eigenvalue weighted by Crippen LogP contribution is -2.47. The van der Waals surface area contributed by atoms with Gasteiger partial charge in [-0.05, 0) is 24.0 Å². The van der Waals surface area contributed by atoms with Crippen molar-refractivity contribution in [3.05, 3.63) is 53.8 Å². The lowest BCUT2D eigenvalue weighted by molar-refractivity contribution is -0.154. The van der Waals surface area contributed by atoms with Crippen molar-refractivity contribution >= 4 is 17.4 Å². The summed E-state index contributed by atoms with van der Waals surface area (Å²) >= 11 is 0. The molecule has 3 rings (SSSR count). The van der Waals surface area contributed by atoms with Crippen LogP contribution in [-0.2, 0) is 30.2 Å². The molecule has 0 spiro atoms. The van der Waals surface area contributed by atoms with Gasteiger partial charge in [0.2, 0.25) is 0 Å². The van der Waals surface area contributed by atoms with E-state index in [4.69, 9.17) is 14.2 Å². The Morgan fingerprint density at radius 2 is 2.13 bits per heavy atom. The molecule has 30 heavy (non-hydrogen) atoms. The molecule has 0 radical (unpaired) electrons. The third-order valence-corrected chi connectivity index (χ3v) is 5.62. The van der Waals surface area contributed by atoms with Gasteiger partial charge in [-0.1, -0.05) is 19.6 Å². The number of carbonyl (C=O) groups is 2. The average Bonchev–Trinajstić information content (AvgIpc) is 3.11. The number of esters is 1. The summed E-state index contributed by atoms with van der Waals surface area (Å²) in [4.78, 5) is 26.3. The normalized spacial score (nSPS) is 23.8. The summed E-state index contributed by atoms with van der Waals surface area (Å²) in [5.74, 6) is -3.35. The second kappa shape index (κ2) is 8.55. The molecule has 162 valence electrons. The minimum absolute atomic E-state index is 0.00862. The summed E-state index contributed by atoms with van der Waals surface area (Å²) in [6.45, 7) is 5.18. The zero-order valence-corrected chi connectivity index (χ0v) is 17.2. The minimum Gasteiger partial charge on any atom is -0.469 e. The highest BCUT2D eigenvalue weighted by Gasteiger charge is 2.54. The maximum absolute atomic E-state index is 14.6. The number of allylic oxidation sites excluding steroid dienone is 1. The molecular weight excluding hydrogens is 396 g/mol. The molecule has 1 fully saturated rings. The predicted molar refractivity (Wildman–Crippen MR) is 106 cm³/mol. The van der Waals surface area contributed by atoms with Gasteiger partial charge in [-0.3, -0.25) is 9.59 Å². The van der Waals surface area contributed by atoms with Gasteiger partial charge in [-0.15, -0.1) is 0 Å². The monoisotopic (exact) mass is 421 g/mol. The Balaban J connectivity index is 1.88. The number of hydrogen-bond donors (Lipinski definition) is 0. The molecule has 1 aliphatic heterocycles. The fourth-order valence-corrected chi connectivity index (χ4v) is 3.95. The van der Waals surface area contributed by atoms with Crippen molar-refractivity contribution in [2.24, 2.45) is 11.8 Å². The Morgan fingerprint density at radius 1 is 1.40 bits per heavy atom. The van der Waals surface area contributed by atoms with E-state index in [1.807, 2.05) is 0 Å². The quantitative estimate of drug-likeness (QED) is 0.383. The number of benzene rings is 1. The third kappa shape index (κ3) is 3.96. The Bertz CT molecular complexity index is 898. The number of rotatable bonds is 7. The number of halogens is 2. The first kappa shape index (κ1) is 22.0. The van der Waals surface area contributed by atoms with Crippen LogP contribution in [0.3, 0.4) is 0 Å². The van der Waals surface area contributed by atoms with Crippen LogP contribution in [0.5, 0.6) is 0 Å². The van der Waals surface area contributed by atoms with Crippen molar-refractivity contribution in [2.75, 3.05) is 32.4 Å². The highest BCUT2D eigenvalue weighted by Crippen LogP contribution is 2.46. The fourth-order valence-electron chi connectivity index (χ4n) is 3.95. The number of hydrogen-bond acceptors (Lipinski definition) is 6. The van der Waals surface area contributed by atoms with Crippen LogP contribution in [0, 0.1) is 23.5 Å². The molecule has 1 unspecified atom stereocenters. The lowest BCUT2D eigenvalue weighted by Gasteiger charge is -2.37. The number of nitrogens with zero attached hydrogens (tertiary/aromatic N) is 1. The number of anilines is 1. The fraction of sp³-hybridized carbons (Fsp3) is 0.455. The predicted octanol–water partition coefficient (Wildman–Crippen LogP) is 3.15. The Morgan fingerprint density at radius 3 is 2.80 bits per heavy atom. The van der Waals surface area contributed by atoms with Gasteiger partial charge in [0.05, 0.1) is 5.69 Å². The third-order valence-electron chi connectivity index (χ3n) is 5.62. The second-order valence-corrected chi connectivity index (χ2v) is 7.78. The van der Waals surface area contributed by atoms with Gasteiger partial charge < -0.3 is 19.1 Å². The molecule has 0 aromatic heterocycles. The number of ether oxygens (including phenoxy) is 3. The minimum atomic E-state index is -1.10. The molecule has 6 nitrogen and oxygen atoms in total. The van der Waals surface area contributed by atoms with Crippen LogP contribution in [-0.4, -0.2) is 44.8 Å². The zero-order chi connectivity index (χ0) is 22.1. The summed E-state index contributed by atoms with van der Waals surface area (Å²) in [6, 6.07) is 2.32. The SMILES string of the molecule is C=CCOC(=O)[C@@H]1C[C@]2(C(C)Cc3cc(F)c(N(C)C)cc3F)OCOC2=CC1=O. The molecule has 1 saturated heterocycles. The van der Waals surface area contributed by atoms with Crippen LogP contribution >= 0.6 is 0 Å². The van der Waals surface area contributed by atoms with Gasteiger partial charge in [-0.25, -0.2) is 8.78 Å². The van der Waals surface area contributed by atoms with Crippen LogP contribution in [0.1, 0.15) is 18.9 Å². The van der Waals surface area contributed by atoms with Crippen LogP contribution < -0.4 is 4.90 Å². The molecule has 0 amide bonds. The highest BCUT2D eigenvalue weighted by molar-refractivity contribution is 6.06. The topological polar surface area (TPSA) is 65.1 Å². The highest BCUT2D eigenvalue weighted by atomic mass is 19.1. The standard InChI is InChI=1S/C22H25F2NO5/c1-5-6-28-21(27)15-11-22(20(10-19(15)26)29-12-30-22)13(2)7-14-8-17(24)18(25(3)4)9-16(14)23/h5,8-10,13,15H,1,6-7,11-12H2,2-4H3/t13?,15-,22-/m1/s1. The maximum Gasteiger partial charge on any atom is 0.317 e. The first-order chi connectivity index (χ1) is 14.2. The van der Waals surface area contributed by atoms with Crippen LogP contribution in [0.25, 0.3) is 0 Å². The number of ketones is 1. The van der Waals surface area contributed by atoms with Crippen molar-refractivity contribution in [1.29, 1.82) is 0 Å². The first-order valence-corrected chi connectivity index (χ1v) is 9.65. The van der Waals surface area contributed by atoms with E-state index in [0.29, 0.717) is 5.76 Å². The number of fused-ring (bicyclic) bond motifs is 1. The molecule has 1 heterocycles. The van der Waals surface area contributed by atoms with E-state index in [1.54, 1.807) is 21.0 Å². The molecule has 1 aromatic carbocycles. The van der Waals surface area contributed by atoms with E-state index in [9.17, 15) is 18.4 Å². The van der Waals surface area contributed by atoms with Gasteiger partial charge in [-0.2, -0.15) is 0 Å². The summed E-state index contributed by atoms with van der Waals surface area (Å²) in [5, 5.41) is 0. The Labute approximate surface area is 174 Å². The molecule has 8 heteroatoms. The van der Waals surface area contributed by atoms with Crippen molar-refractivity contribution in [3.63, 3.8) is 0 Å². The summed E-state index contributed by atoms with van der Waals surface area (Å²) in [7, 11) is 3.26. The van der Waals surface area contributed by atoms with Crippen LogP contribution in [0.2, 0.25) is 0 Å². The number of carbonyl (C=O) groups excluding carboxylic acids is 2. The van der Waals surface area contributed by atoms with Crippen molar-refractivity contribution in [3.8, 4) is 0 Å². The summed E-state index contributed by atoms with van der Waals surface area (Å²) < 4.78 is 45.4. The van der Waals surface area contributed by atoms with Crippen molar-refractivity contribution in [1.82, 2.24) is 0 Å². The van der Waals surface area contributed by atoms with Gasteiger partial charge in [0, 0.05) is 32.7 Å². The smallest absolute Gasteiger partial charge is 0.317 e. The van der Waals surface area contributed by atoms with Gasteiger partial charge >= 0.3 is 5.97 Å². The molecular formula is C22H25F2NO5. The van der Waals surface area contributed by atoms with E-state index in [-0.39, 0.29) is 37.5 Å². The molecule has 0 N–H and O–H groups in total. The van der Waals surface area contributed by atoms with Gasteiger partial charge in [0.1, 0.15) is 35.5 Å². The Kier molecular flexibility index (Phi) is 6.26. The van der Waals surface area contributed by atoms with E-state index in [0.717, 1.165) is 6.07 Å². The lowest BCUT2D eigenvalue weighted by atomic mass is 9.72. The second-order valence-electron chi connectivity index (χ2n) is 7.78. The van der Waals surface area contributed by atoms with Crippen molar-refractivity contribution < 1.29 is 32.6 Å². The summed E-state index contributed by atoms with van der Waals surface area (Å²) in [5.41, 5.74) is -0.775. The average molecular weight is 421 g/mol. The van der Waals surface area contributed by atoms with E-state index >= 15 is 0 Å². The van der Waals surface area contributed by atoms with Crippen LogP contribution in [0.4, 0.5) is 14.5 Å². The van der Waals surface area contributed by atoms with E-state index in [2.05, 4.69) is 6.58 Å². The Hall–Kier alpha value is -2.74. The first-order valence-electron chi connectivity index (χ1n) is 9.65. The molecule has 0 saturated carbocycles. The molecule has 2 aliphatic rings. The van der Waals surface area contributed by atoms with Crippen LogP contribution in [0.15, 0.2) is 36.6 Å². The van der Waals surface area contributed by atoms with Gasteiger partial charge in [0.25, 0.3) is 0 Å². The summed E-state index contributed by atoms with van der Waals surface area (Å²) in [6.07, 6.45) is 2.79. The van der Waals surface area contributed by atoms with Gasteiger partial charge in [0.15, 0.2) is 12.6 Å². The molecule has 1 aromatic rings. The molecule has 1 aliphatic carbocycles. The largest absolute Gasteiger partial charge is 0.469 e. The van der Waals surface area contributed by atoms with E-state index in [1.165, 1.54) is 23.1 Å².